The van der Waals surface area contributed by atoms with Gasteiger partial charge < -0.3 is 9.64 Å². The molecule has 264 valence electrons. The first-order valence-electron chi connectivity index (χ1n) is 18.2. The van der Waals surface area contributed by atoms with Crippen LogP contribution in [0.25, 0.3) is 22.5 Å². The summed E-state index contributed by atoms with van der Waals surface area (Å²) in [5.74, 6) is 1.12. The molecule has 0 bridgehead atoms. The lowest BCUT2D eigenvalue weighted by atomic mass is 9.77. The van der Waals surface area contributed by atoms with Crippen molar-refractivity contribution in [2.75, 3.05) is 18.1 Å². The maximum atomic E-state index is 12.2. The van der Waals surface area contributed by atoms with Gasteiger partial charge in [-0.15, -0.1) is 5.10 Å². The molecule has 2 heterocycles. The molecule has 8 heteroatoms. The quantitative estimate of drug-likeness (QED) is 0.0827. The third-order valence-corrected chi connectivity index (χ3v) is 9.53. The summed E-state index contributed by atoms with van der Waals surface area (Å²) in [6.45, 7) is 5.84. The summed E-state index contributed by atoms with van der Waals surface area (Å²) in [7, 11) is 0. The van der Waals surface area contributed by atoms with Gasteiger partial charge in [0.15, 0.2) is 5.82 Å². The normalized spacial score (nSPS) is 11.3. The van der Waals surface area contributed by atoms with E-state index in [0.29, 0.717) is 24.5 Å². The van der Waals surface area contributed by atoms with Crippen LogP contribution in [0.4, 0.5) is 5.82 Å². The summed E-state index contributed by atoms with van der Waals surface area (Å²) in [4.78, 5) is 19.1. The molecule has 2 aromatic heterocycles. The highest BCUT2D eigenvalue weighted by atomic mass is 16.5. The van der Waals surface area contributed by atoms with Gasteiger partial charge >= 0.3 is 5.97 Å². The second-order valence-corrected chi connectivity index (χ2v) is 12.9. The number of carbonyl (C=O) groups is 1. The molecule has 0 aliphatic carbocycles. The van der Waals surface area contributed by atoms with Crippen LogP contribution >= 0.6 is 0 Å². The number of anilines is 1. The lowest BCUT2D eigenvalue weighted by molar-refractivity contribution is 0.0526. The van der Waals surface area contributed by atoms with E-state index in [0.717, 1.165) is 64.1 Å². The zero-order valence-corrected chi connectivity index (χ0v) is 30.0. The van der Waals surface area contributed by atoms with Gasteiger partial charge in [0, 0.05) is 24.8 Å². The van der Waals surface area contributed by atoms with Crippen molar-refractivity contribution in [3.63, 3.8) is 0 Å². The van der Waals surface area contributed by atoms with E-state index in [1.807, 2.05) is 35.0 Å². The average molecular weight is 699 g/mol. The SMILES string of the molecule is CCCCN(Cc1ccc(-c2ccccc2-c2nnnn2C(c2ccccc2)(c2ccccc2)c2ccccc2)cc1)c1ccc(C(=O)OCC)cn1. The number of benzene rings is 5. The van der Waals surface area contributed by atoms with Crippen LogP contribution in [0.3, 0.4) is 0 Å². The fourth-order valence-corrected chi connectivity index (χ4v) is 6.96. The van der Waals surface area contributed by atoms with Gasteiger partial charge in [-0.25, -0.2) is 14.5 Å². The Balaban J connectivity index is 1.26. The van der Waals surface area contributed by atoms with Crippen LogP contribution in [0.15, 0.2) is 158 Å². The standard InChI is InChI=1S/C45H42N6O2/c1-3-5-31-50(42-30-29-36(32-46-42)44(52)53-4-2)33-34-25-27-35(28-26-34)40-23-15-16-24-41(40)43-47-48-49-51(43)45(37-17-9-6-10-18-37,38-19-11-7-12-20-38)39-21-13-8-14-22-39/h6-30,32H,3-5,31,33H2,1-2H3. The van der Waals surface area contributed by atoms with E-state index in [1.165, 1.54) is 0 Å². The van der Waals surface area contributed by atoms with Gasteiger partial charge in [-0.2, -0.15) is 0 Å². The van der Waals surface area contributed by atoms with Crippen LogP contribution in [-0.2, 0) is 16.8 Å². The Labute approximate surface area is 310 Å². The second-order valence-electron chi connectivity index (χ2n) is 12.9. The molecule has 0 aliphatic heterocycles. The summed E-state index contributed by atoms with van der Waals surface area (Å²) in [5.41, 5.74) is 6.89. The first-order valence-corrected chi connectivity index (χ1v) is 18.2. The topological polar surface area (TPSA) is 86.0 Å². The van der Waals surface area contributed by atoms with Crippen molar-refractivity contribution in [2.45, 2.75) is 38.8 Å². The number of pyridine rings is 1. The molecule has 0 amide bonds. The molecular formula is C45H42N6O2. The van der Waals surface area contributed by atoms with Gasteiger partial charge in [0.25, 0.3) is 0 Å². The van der Waals surface area contributed by atoms with Crippen LogP contribution in [0, 0.1) is 0 Å². The van der Waals surface area contributed by atoms with Gasteiger partial charge in [0.05, 0.1) is 12.2 Å². The van der Waals surface area contributed by atoms with Crippen molar-refractivity contribution in [2.24, 2.45) is 0 Å². The lowest BCUT2D eigenvalue weighted by Crippen LogP contribution is -2.39. The molecule has 7 rings (SSSR count). The first-order chi connectivity index (χ1) is 26.1. The third-order valence-electron chi connectivity index (χ3n) is 9.53. The van der Waals surface area contributed by atoms with Crippen molar-refractivity contribution in [3.8, 4) is 22.5 Å². The predicted molar refractivity (Wildman–Crippen MR) is 209 cm³/mol. The Kier molecular flexibility index (Phi) is 10.8. The highest BCUT2D eigenvalue weighted by Crippen LogP contribution is 2.43. The van der Waals surface area contributed by atoms with E-state index in [2.05, 4.69) is 137 Å². The van der Waals surface area contributed by atoms with E-state index in [1.54, 1.807) is 19.2 Å². The number of tetrazole rings is 1. The van der Waals surface area contributed by atoms with Crippen molar-refractivity contribution < 1.29 is 9.53 Å². The molecule has 0 atom stereocenters. The largest absolute Gasteiger partial charge is 0.462 e. The number of nitrogens with zero attached hydrogens (tertiary/aromatic N) is 6. The number of ether oxygens (including phenoxy) is 1. The molecule has 0 saturated heterocycles. The van der Waals surface area contributed by atoms with Crippen LogP contribution in [-0.4, -0.2) is 44.3 Å². The van der Waals surface area contributed by atoms with E-state index >= 15 is 0 Å². The molecule has 0 spiro atoms. The Morgan fingerprint density at radius 2 is 1.28 bits per heavy atom. The number of rotatable bonds is 14. The molecule has 5 aromatic carbocycles. The van der Waals surface area contributed by atoms with Gasteiger partial charge in [-0.1, -0.05) is 153 Å². The maximum Gasteiger partial charge on any atom is 0.339 e. The minimum Gasteiger partial charge on any atom is -0.462 e. The van der Waals surface area contributed by atoms with Crippen LogP contribution in [0.2, 0.25) is 0 Å². The minimum atomic E-state index is -0.857. The van der Waals surface area contributed by atoms with E-state index in [4.69, 9.17) is 15.0 Å². The van der Waals surface area contributed by atoms with Crippen molar-refractivity contribution in [1.29, 1.82) is 0 Å². The molecule has 0 N–H and O–H groups in total. The predicted octanol–water partition coefficient (Wildman–Crippen LogP) is 9.23. The number of aromatic nitrogens is 5. The Morgan fingerprint density at radius 3 is 1.83 bits per heavy atom. The zero-order chi connectivity index (χ0) is 36.5. The van der Waals surface area contributed by atoms with Gasteiger partial charge in [0.1, 0.15) is 11.4 Å². The highest BCUT2D eigenvalue weighted by molar-refractivity contribution is 5.89. The summed E-state index contributed by atoms with van der Waals surface area (Å²) < 4.78 is 7.13. The van der Waals surface area contributed by atoms with Crippen LogP contribution in [0.1, 0.15) is 59.3 Å². The molecule has 0 radical (unpaired) electrons. The summed E-state index contributed by atoms with van der Waals surface area (Å²) in [6, 6.07) is 52.0. The summed E-state index contributed by atoms with van der Waals surface area (Å²) in [6.07, 6.45) is 3.69. The number of unbranched alkanes of at least 4 members (excludes halogenated alkanes) is 1. The maximum absolute atomic E-state index is 12.2. The summed E-state index contributed by atoms with van der Waals surface area (Å²) in [5, 5.41) is 13.8. The molecular weight excluding hydrogens is 657 g/mol. The Bertz CT molecular complexity index is 2130. The van der Waals surface area contributed by atoms with Gasteiger partial charge in [-0.05, 0) is 69.3 Å². The van der Waals surface area contributed by atoms with Gasteiger partial charge in [-0.3, -0.25) is 0 Å². The van der Waals surface area contributed by atoms with Crippen molar-refractivity contribution in [3.05, 3.63) is 186 Å². The molecule has 0 unspecified atom stereocenters. The molecule has 0 saturated carbocycles. The van der Waals surface area contributed by atoms with E-state index in [-0.39, 0.29) is 5.97 Å². The first kappa shape index (κ1) is 35.0. The van der Waals surface area contributed by atoms with Crippen LogP contribution in [0.5, 0.6) is 0 Å². The Morgan fingerprint density at radius 1 is 0.698 bits per heavy atom. The van der Waals surface area contributed by atoms with Gasteiger partial charge in [0.2, 0.25) is 0 Å². The number of hydrogen-bond acceptors (Lipinski definition) is 7. The zero-order valence-electron chi connectivity index (χ0n) is 30.0. The monoisotopic (exact) mass is 698 g/mol. The molecule has 7 aromatic rings. The summed E-state index contributed by atoms with van der Waals surface area (Å²) >= 11 is 0. The smallest absolute Gasteiger partial charge is 0.339 e. The van der Waals surface area contributed by atoms with Crippen molar-refractivity contribution >= 4 is 11.8 Å². The average Bonchev–Trinajstić information content (AvgIpc) is 3.71. The minimum absolute atomic E-state index is 0.330. The van der Waals surface area contributed by atoms with Crippen LogP contribution < -0.4 is 4.90 Å². The molecule has 8 nitrogen and oxygen atoms in total. The fraction of sp³-hybridized carbons (Fsp3) is 0.178. The molecule has 53 heavy (non-hydrogen) atoms. The Hall–Kier alpha value is -6.41. The van der Waals surface area contributed by atoms with Crippen molar-refractivity contribution in [1.82, 2.24) is 25.2 Å². The van der Waals surface area contributed by atoms with E-state index < -0.39 is 5.54 Å². The second kappa shape index (κ2) is 16.3. The third kappa shape index (κ3) is 7.21. The number of esters is 1. The van der Waals surface area contributed by atoms with E-state index in [9.17, 15) is 4.79 Å². The molecule has 0 fully saturated rings. The number of carbonyl (C=O) groups excluding carboxylic acids is 1. The number of hydrogen-bond donors (Lipinski definition) is 0. The fourth-order valence-electron chi connectivity index (χ4n) is 6.96. The lowest BCUT2D eigenvalue weighted by Gasteiger charge is -2.36. The highest BCUT2D eigenvalue weighted by Gasteiger charge is 2.42. The molecule has 0 aliphatic rings.